The standard InChI is InChI=1S/C13H12ClN5O2/c1-20-12-4-2-8(6-10(12)14)11-5-3-9(21-11)7-15-13-16-18-19-17-13/h2-6H,7H2,1H3,(H2,15,16,17,18,19). The number of nitrogens with zero attached hydrogens (tertiary/aromatic N) is 3. The van der Waals surface area contributed by atoms with Crippen molar-refractivity contribution in [1.82, 2.24) is 20.6 Å². The number of hydrogen-bond acceptors (Lipinski definition) is 6. The van der Waals surface area contributed by atoms with Crippen LogP contribution in [0.15, 0.2) is 34.7 Å². The molecule has 0 amide bonds. The van der Waals surface area contributed by atoms with E-state index in [0.29, 0.717) is 23.3 Å². The van der Waals surface area contributed by atoms with Gasteiger partial charge in [0.05, 0.1) is 18.7 Å². The number of H-pyrrole nitrogens is 1. The van der Waals surface area contributed by atoms with Crippen molar-refractivity contribution < 1.29 is 9.15 Å². The molecule has 2 N–H and O–H groups in total. The van der Waals surface area contributed by atoms with E-state index in [2.05, 4.69) is 25.9 Å². The molecule has 108 valence electrons. The van der Waals surface area contributed by atoms with Crippen molar-refractivity contribution in [3.63, 3.8) is 0 Å². The van der Waals surface area contributed by atoms with Crippen LogP contribution in [0.5, 0.6) is 5.75 Å². The highest BCUT2D eigenvalue weighted by Gasteiger charge is 2.08. The summed E-state index contributed by atoms with van der Waals surface area (Å²) in [7, 11) is 1.58. The number of halogens is 1. The number of tetrazole rings is 1. The fourth-order valence-corrected chi connectivity index (χ4v) is 2.11. The van der Waals surface area contributed by atoms with Gasteiger partial charge in [0.2, 0.25) is 0 Å². The summed E-state index contributed by atoms with van der Waals surface area (Å²) in [6.07, 6.45) is 0. The fraction of sp³-hybridized carbons (Fsp3) is 0.154. The summed E-state index contributed by atoms with van der Waals surface area (Å²) < 4.78 is 10.9. The summed E-state index contributed by atoms with van der Waals surface area (Å²) in [5.74, 6) is 2.53. The normalized spacial score (nSPS) is 10.6. The quantitative estimate of drug-likeness (QED) is 0.753. The minimum Gasteiger partial charge on any atom is -0.495 e. The Bertz CT molecular complexity index is 726. The molecule has 0 aliphatic rings. The predicted molar refractivity (Wildman–Crippen MR) is 77.2 cm³/mol. The summed E-state index contributed by atoms with van der Waals surface area (Å²) in [6.45, 7) is 0.462. The van der Waals surface area contributed by atoms with Crippen LogP contribution >= 0.6 is 11.6 Å². The topological polar surface area (TPSA) is 88.9 Å². The van der Waals surface area contributed by atoms with Gasteiger partial charge in [0.25, 0.3) is 5.95 Å². The number of aromatic nitrogens is 4. The van der Waals surface area contributed by atoms with Crippen molar-refractivity contribution in [3.05, 3.63) is 41.1 Å². The van der Waals surface area contributed by atoms with Gasteiger partial charge in [-0.1, -0.05) is 16.7 Å². The number of methoxy groups -OCH3 is 1. The van der Waals surface area contributed by atoms with E-state index in [0.717, 1.165) is 17.1 Å². The van der Waals surface area contributed by atoms with Crippen LogP contribution in [0.1, 0.15) is 5.76 Å². The second-order valence-electron chi connectivity index (χ2n) is 4.20. The molecule has 7 nitrogen and oxygen atoms in total. The van der Waals surface area contributed by atoms with Crippen molar-refractivity contribution in [2.24, 2.45) is 0 Å². The number of aromatic amines is 1. The SMILES string of the molecule is COc1ccc(-c2ccc(CNc3nn[nH]n3)o2)cc1Cl. The minimum atomic E-state index is 0.417. The summed E-state index contributed by atoms with van der Waals surface area (Å²) in [5, 5.41) is 16.9. The van der Waals surface area contributed by atoms with E-state index >= 15 is 0 Å². The molecule has 0 spiro atoms. The Morgan fingerprint density at radius 2 is 2.24 bits per heavy atom. The van der Waals surface area contributed by atoms with Crippen LogP contribution in [0.25, 0.3) is 11.3 Å². The number of anilines is 1. The van der Waals surface area contributed by atoms with E-state index in [-0.39, 0.29) is 0 Å². The largest absolute Gasteiger partial charge is 0.495 e. The molecule has 3 rings (SSSR count). The first-order valence-electron chi connectivity index (χ1n) is 6.16. The molecule has 0 unspecified atom stereocenters. The van der Waals surface area contributed by atoms with Gasteiger partial charge in [0, 0.05) is 5.56 Å². The molecular weight excluding hydrogens is 294 g/mol. The third-order valence-corrected chi connectivity index (χ3v) is 3.16. The van der Waals surface area contributed by atoms with E-state index in [1.54, 1.807) is 19.2 Å². The van der Waals surface area contributed by atoms with E-state index in [9.17, 15) is 0 Å². The van der Waals surface area contributed by atoms with Gasteiger partial charge < -0.3 is 14.5 Å². The zero-order chi connectivity index (χ0) is 14.7. The molecular formula is C13H12ClN5O2. The zero-order valence-electron chi connectivity index (χ0n) is 11.1. The summed E-state index contributed by atoms with van der Waals surface area (Å²) in [6, 6.07) is 9.25. The van der Waals surface area contributed by atoms with Gasteiger partial charge in [-0.15, -0.1) is 5.10 Å². The lowest BCUT2D eigenvalue weighted by atomic mass is 10.2. The smallest absolute Gasteiger partial charge is 0.263 e. The number of furan rings is 1. The first-order chi connectivity index (χ1) is 10.3. The summed E-state index contributed by atoms with van der Waals surface area (Å²) >= 11 is 6.11. The number of ether oxygens (including phenoxy) is 1. The van der Waals surface area contributed by atoms with Crippen molar-refractivity contribution in [3.8, 4) is 17.1 Å². The molecule has 0 aliphatic heterocycles. The van der Waals surface area contributed by atoms with E-state index in [4.69, 9.17) is 20.8 Å². The Morgan fingerprint density at radius 3 is 2.95 bits per heavy atom. The van der Waals surface area contributed by atoms with Crippen LogP contribution in [0.3, 0.4) is 0 Å². The van der Waals surface area contributed by atoms with Gasteiger partial charge in [0.1, 0.15) is 17.3 Å². The van der Waals surface area contributed by atoms with Crippen LogP contribution in [0.4, 0.5) is 5.95 Å². The molecule has 0 saturated heterocycles. The lowest BCUT2D eigenvalue weighted by Crippen LogP contribution is -1.99. The Labute approximate surface area is 125 Å². The van der Waals surface area contributed by atoms with Crippen LogP contribution in [-0.4, -0.2) is 27.7 Å². The van der Waals surface area contributed by atoms with E-state index in [1.807, 2.05) is 18.2 Å². The number of rotatable bonds is 5. The summed E-state index contributed by atoms with van der Waals surface area (Å²) in [4.78, 5) is 0. The maximum Gasteiger partial charge on any atom is 0.263 e. The molecule has 0 bridgehead atoms. The maximum atomic E-state index is 6.11. The highest BCUT2D eigenvalue weighted by molar-refractivity contribution is 6.32. The van der Waals surface area contributed by atoms with E-state index in [1.165, 1.54) is 0 Å². The van der Waals surface area contributed by atoms with E-state index < -0.39 is 0 Å². The average Bonchev–Trinajstić information content (AvgIpc) is 3.16. The molecule has 0 radical (unpaired) electrons. The zero-order valence-corrected chi connectivity index (χ0v) is 11.9. The fourth-order valence-electron chi connectivity index (χ4n) is 1.85. The highest BCUT2D eigenvalue weighted by atomic mass is 35.5. The lowest BCUT2D eigenvalue weighted by molar-refractivity contribution is 0.415. The third-order valence-electron chi connectivity index (χ3n) is 2.86. The molecule has 1 aromatic carbocycles. The molecule has 0 saturated carbocycles. The van der Waals surface area contributed by atoms with Gasteiger partial charge in [0.15, 0.2) is 0 Å². The Hall–Kier alpha value is -2.54. The summed E-state index contributed by atoms with van der Waals surface area (Å²) in [5.41, 5.74) is 0.881. The average molecular weight is 306 g/mol. The van der Waals surface area contributed by atoms with Crippen molar-refractivity contribution >= 4 is 17.5 Å². The lowest BCUT2D eigenvalue weighted by Gasteiger charge is -2.04. The third kappa shape index (κ3) is 2.97. The Balaban J connectivity index is 1.73. The van der Waals surface area contributed by atoms with Gasteiger partial charge in [-0.25, -0.2) is 0 Å². The van der Waals surface area contributed by atoms with Crippen LogP contribution in [0, 0.1) is 0 Å². The maximum absolute atomic E-state index is 6.11. The first kappa shape index (κ1) is 13.4. The second-order valence-corrected chi connectivity index (χ2v) is 4.61. The van der Waals surface area contributed by atoms with Gasteiger partial charge >= 0.3 is 0 Å². The van der Waals surface area contributed by atoms with Gasteiger partial charge in [-0.3, -0.25) is 0 Å². The van der Waals surface area contributed by atoms with Gasteiger partial charge in [-0.2, -0.15) is 5.21 Å². The van der Waals surface area contributed by atoms with Crippen molar-refractivity contribution in [1.29, 1.82) is 0 Å². The van der Waals surface area contributed by atoms with Crippen molar-refractivity contribution in [2.75, 3.05) is 12.4 Å². The molecule has 0 aliphatic carbocycles. The van der Waals surface area contributed by atoms with Crippen LogP contribution in [0.2, 0.25) is 5.02 Å². The van der Waals surface area contributed by atoms with Crippen LogP contribution < -0.4 is 10.1 Å². The second kappa shape index (κ2) is 5.84. The molecule has 0 atom stereocenters. The predicted octanol–water partition coefficient (Wildman–Crippen LogP) is 2.73. The molecule has 2 aromatic heterocycles. The monoisotopic (exact) mass is 305 g/mol. The van der Waals surface area contributed by atoms with Crippen molar-refractivity contribution in [2.45, 2.75) is 6.54 Å². The minimum absolute atomic E-state index is 0.417. The molecule has 3 aromatic rings. The Morgan fingerprint density at radius 1 is 1.33 bits per heavy atom. The molecule has 2 heterocycles. The first-order valence-corrected chi connectivity index (χ1v) is 6.54. The number of benzene rings is 1. The molecule has 8 heteroatoms. The number of nitrogens with one attached hydrogen (secondary N) is 2. The molecule has 0 fully saturated rings. The highest BCUT2D eigenvalue weighted by Crippen LogP contribution is 2.31. The Kier molecular flexibility index (Phi) is 3.74. The molecule has 21 heavy (non-hydrogen) atoms. The van der Waals surface area contributed by atoms with Gasteiger partial charge in [-0.05, 0) is 35.5 Å². The number of hydrogen-bond donors (Lipinski definition) is 2. The van der Waals surface area contributed by atoms with Crippen LogP contribution in [-0.2, 0) is 6.54 Å².